The van der Waals surface area contributed by atoms with E-state index < -0.39 is 0 Å². The molecule has 2 rings (SSSR count). The molecule has 0 aliphatic carbocycles. The summed E-state index contributed by atoms with van der Waals surface area (Å²) in [6.45, 7) is 1.79. The van der Waals surface area contributed by atoms with Crippen LogP contribution in [0.25, 0.3) is 0 Å². The second-order valence-corrected chi connectivity index (χ2v) is 2.53. The normalized spacial score (nSPS) is 17.3. The molecule has 52 valence electrons. The SMILES string of the molecule is CN1Cc2ncnnc2C1. The summed E-state index contributed by atoms with van der Waals surface area (Å²) in [6.07, 6.45) is 1.50. The van der Waals surface area contributed by atoms with Gasteiger partial charge in [-0.1, -0.05) is 0 Å². The van der Waals surface area contributed by atoms with Crippen LogP contribution in [-0.4, -0.2) is 27.1 Å². The van der Waals surface area contributed by atoms with Gasteiger partial charge >= 0.3 is 0 Å². The van der Waals surface area contributed by atoms with Gasteiger partial charge < -0.3 is 0 Å². The van der Waals surface area contributed by atoms with Crippen LogP contribution in [0.3, 0.4) is 0 Å². The van der Waals surface area contributed by atoms with Gasteiger partial charge in [-0.2, -0.15) is 5.10 Å². The van der Waals surface area contributed by atoms with Gasteiger partial charge in [0, 0.05) is 13.1 Å². The molecule has 1 aromatic heterocycles. The highest BCUT2D eigenvalue weighted by Crippen LogP contribution is 2.13. The van der Waals surface area contributed by atoms with Crippen LogP contribution in [0.1, 0.15) is 11.4 Å². The lowest BCUT2D eigenvalue weighted by atomic mass is 10.4. The van der Waals surface area contributed by atoms with Crippen LogP contribution in [0.2, 0.25) is 0 Å². The maximum absolute atomic E-state index is 4.09. The van der Waals surface area contributed by atoms with E-state index in [-0.39, 0.29) is 0 Å². The molecule has 0 radical (unpaired) electrons. The molecule has 0 amide bonds. The van der Waals surface area contributed by atoms with Crippen molar-refractivity contribution in [3.05, 3.63) is 17.7 Å². The topological polar surface area (TPSA) is 41.9 Å². The number of fused-ring (bicyclic) bond motifs is 1. The van der Waals surface area contributed by atoms with Gasteiger partial charge in [0.25, 0.3) is 0 Å². The van der Waals surface area contributed by atoms with Crippen molar-refractivity contribution in [1.82, 2.24) is 20.1 Å². The summed E-state index contributed by atoms with van der Waals surface area (Å²) in [7, 11) is 2.04. The summed E-state index contributed by atoms with van der Waals surface area (Å²) < 4.78 is 0. The van der Waals surface area contributed by atoms with Gasteiger partial charge in [-0.25, -0.2) is 4.98 Å². The Kier molecular flexibility index (Phi) is 1.14. The van der Waals surface area contributed by atoms with Crippen LogP contribution < -0.4 is 0 Å². The van der Waals surface area contributed by atoms with Gasteiger partial charge in [0.15, 0.2) is 0 Å². The number of nitrogens with zero attached hydrogens (tertiary/aromatic N) is 4. The molecule has 1 aromatic rings. The number of hydrogen-bond acceptors (Lipinski definition) is 4. The maximum atomic E-state index is 4.09. The fourth-order valence-corrected chi connectivity index (χ4v) is 1.15. The fourth-order valence-electron chi connectivity index (χ4n) is 1.15. The Morgan fingerprint density at radius 2 is 2.20 bits per heavy atom. The van der Waals surface area contributed by atoms with Crippen LogP contribution in [-0.2, 0) is 13.1 Å². The van der Waals surface area contributed by atoms with Crippen molar-refractivity contribution >= 4 is 0 Å². The molecule has 10 heavy (non-hydrogen) atoms. The van der Waals surface area contributed by atoms with Crippen molar-refractivity contribution in [1.29, 1.82) is 0 Å². The van der Waals surface area contributed by atoms with Gasteiger partial charge in [-0.15, -0.1) is 5.10 Å². The predicted octanol–water partition coefficient (Wildman–Crippen LogP) is -0.183. The van der Waals surface area contributed by atoms with E-state index in [4.69, 9.17) is 0 Å². The first kappa shape index (κ1) is 5.73. The highest BCUT2D eigenvalue weighted by atomic mass is 15.2. The van der Waals surface area contributed by atoms with Crippen LogP contribution in [0.15, 0.2) is 6.33 Å². The minimum Gasteiger partial charge on any atom is -0.295 e. The third-order valence-electron chi connectivity index (χ3n) is 1.62. The Balaban J connectivity index is 2.42. The maximum Gasteiger partial charge on any atom is 0.138 e. The first-order valence-corrected chi connectivity index (χ1v) is 3.20. The minimum atomic E-state index is 0.885. The molecule has 2 heterocycles. The van der Waals surface area contributed by atoms with Gasteiger partial charge in [-0.05, 0) is 7.05 Å². The molecule has 0 saturated heterocycles. The molecule has 0 spiro atoms. The Bertz CT molecular complexity index is 222. The van der Waals surface area contributed by atoms with E-state index in [0.29, 0.717) is 0 Å². The summed E-state index contributed by atoms with van der Waals surface area (Å²) in [5.74, 6) is 0. The van der Waals surface area contributed by atoms with Gasteiger partial charge in [-0.3, -0.25) is 4.90 Å². The number of aromatic nitrogens is 3. The number of hydrogen-bond donors (Lipinski definition) is 0. The van der Waals surface area contributed by atoms with Crippen LogP contribution in [0.4, 0.5) is 0 Å². The first-order valence-electron chi connectivity index (χ1n) is 3.20. The van der Waals surface area contributed by atoms with E-state index >= 15 is 0 Å². The van der Waals surface area contributed by atoms with Crippen molar-refractivity contribution < 1.29 is 0 Å². The van der Waals surface area contributed by atoms with Crippen molar-refractivity contribution in [3.8, 4) is 0 Å². The molecule has 4 nitrogen and oxygen atoms in total. The van der Waals surface area contributed by atoms with E-state index in [1.807, 2.05) is 7.05 Å². The van der Waals surface area contributed by atoms with Crippen LogP contribution in [0, 0.1) is 0 Å². The largest absolute Gasteiger partial charge is 0.295 e. The standard InChI is InChI=1S/C6H8N4/c1-10-2-5-6(3-10)9-8-4-7-5/h4H,2-3H2,1H3. The minimum absolute atomic E-state index is 0.885. The lowest BCUT2D eigenvalue weighted by Crippen LogP contribution is -2.07. The second-order valence-electron chi connectivity index (χ2n) is 2.53. The zero-order valence-electron chi connectivity index (χ0n) is 5.78. The third kappa shape index (κ3) is 0.769. The molecule has 1 aliphatic rings. The third-order valence-corrected chi connectivity index (χ3v) is 1.62. The van der Waals surface area contributed by atoms with Gasteiger partial charge in [0.1, 0.15) is 6.33 Å². The Morgan fingerprint density at radius 1 is 1.40 bits per heavy atom. The zero-order chi connectivity index (χ0) is 6.97. The molecule has 0 saturated carbocycles. The van der Waals surface area contributed by atoms with E-state index in [1.165, 1.54) is 6.33 Å². The quantitative estimate of drug-likeness (QED) is 0.496. The van der Waals surface area contributed by atoms with Crippen LogP contribution >= 0.6 is 0 Å². The monoisotopic (exact) mass is 136 g/mol. The molecule has 4 heteroatoms. The number of rotatable bonds is 0. The summed E-state index contributed by atoms with van der Waals surface area (Å²) in [5, 5.41) is 7.66. The molecule has 0 fully saturated rings. The molecule has 0 atom stereocenters. The molecule has 0 unspecified atom stereocenters. The predicted molar refractivity (Wildman–Crippen MR) is 35.0 cm³/mol. The van der Waals surface area contributed by atoms with Crippen LogP contribution in [0.5, 0.6) is 0 Å². The average molecular weight is 136 g/mol. The smallest absolute Gasteiger partial charge is 0.138 e. The van der Waals surface area contributed by atoms with Crippen molar-refractivity contribution in [2.45, 2.75) is 13.1 Å². The Labute approximate surface area is 58.9 Å². The first-order chi connectivity index (χ1) is 4.86. The summed E-state index contributed by atoms with van der Waals surface area (Å²) in [6, 6.07) is 0. The average Bonchev–Trinajstić information content (AvgIpc) is 2.27. The molecule has 1 aliphatic heterocycles. The van der Waals surface area contributed by atoms with E-state index in [1.54, 1.807) is 0 Å². The fraction of sp³-hybridized carbons (Fsp3) is 0.500. The van der Waals surface area contributed by atoms with E-state index in [9.17, 15) is 0 Å². The summed E-state index contributed by atoms with van der Waals surface area (Å²) >= 11 is 0. The van der Waals surface area contributed by atoms with E-state index in [0.717, 1.165) is 24.5 Å². The van der Waals surface area contributed by atoms with E-state index in [2.05, 4.69) is 20.1 Å². The van der Waals surface area contributed by atoms with Crippen molar-refractivity contribution in [3.63, 3.8) is 0 Å². The molecular weight excluding hydrogens is 128 g/mol. The second kappa shape index (κ2) is 1.98. The van der Waals surface area contributed by atoms with Crippen molar-refractivity contribution in [2.24, 2.45) is 0 Å². The lowest BCUT2D eigenvalue weighted by Gasteiger charge is -2.01. The molecule has 0 N–H and O–H groups in total. The Morgan fingerprint density at radius 3 is 3.00 bits per heavy atom. The zero-order valence-corrected chi connectivity index (χ0v) is 5.78. The van der Waals surface area contributed by atoms with Gasteiger partial charge in [0.2, 0.25) is 0 Å². The molecular formula is C6H8N4. The lowest BCUT2D eigenvalue weighted by molar-refractivity contribution is 0.349. The molecule has 0 bridgehead atoms. The summed E-state index contributed by atoms with van der Waals surface area (Å²) in [4.78, 5) is 6.25. The highest BCUT2D eigenvalue weighted by Gasteiger charge is 2.17. The van der Waals surface area contributed by atoms with Gasteiger partial charge in [0.05, 0.1) is 11.4 Å². The molecule has 0 aromatic carbocycles. The highest BCUT2D eigenvalue weighted by molar-refractivity contribution is 5.12. The summed E-state index contributed by atoms with van der Waals surface area (Å²) in [5.41, 5.74) is 2.09. The Hall–Kier alpha value is -1.03. The van der Waals surface area contributed by atoms with Crippen molar-refractivity contribution in [2.75, 3.05) is 7.05 Å².